The number of nitrogens with zero attached hydrogens (tertiary/aromatic N) is 2. The number of nitro groups is 1. The number of ether oxygens (including phenoxy) is 1. The molecule has 1 amide bonds. The van der Waals surface area contributed by atoms with Crippen molar-refractivity contribution in [2.75, 3.05) is 6.61 Å². The fraction of sp³-hybridized carbons (Fsp3) is 0.176. The van der Waals surface area contributed by atoms with Crippen LogP contribution in [0.15, 0.2) is 41.5 Å². The van der Waals surface area contributed by atoms with Crippen LogP contribution in [0, 0.1) is 24.0 Å². The molecular weight excluding hydrogens is 326 g/mol. The lowest BCUT2D eigenvalue weighted by Gasteiger charge is -2.10. The number of para-hydroxylation sites is 1. The molecule has 0 aliphatic rings. The molecule has 0 aromatic heterocycles. The van der Waals surface area contributed by atoms with Gasteiger partial charge >= 0.3 is 0 Å². The first kappa shape index (κ1) is 17.9. The topological polar surface area (TPSA) is 114 Å². The Hall–Kier alpha value is -3.42. The molecule has 0 spiro atoms. The number of carbonyl (C=O) groups is 1. The van der Waals surface area contributed by atoms with Crippen LogP contribution in [0.5, 0.6) is 11.5 Å². The minimum absolute atomic E-state index is 0.116. The molecule has 0 saturated heterocycles. The summed E-state index contributed by atoms with van der Waals surface area (Å²) in [6.45, 7) is 3.52. The Bertz CT molecular complexity index is 813. The summed E-state index contributed by atoms with van der Waals surface area (Å²) in [6, 6.07) is 9.16. The lowest BCUT2D eigenvalue weighted by atomic mass is 10.1. The van der Waals surface area contributed by atoms with E-state index in [9.17, 15) is 20.0 Å². The molecule has 0 aliphatic carbocycles. The largest absolute Gasteiger partial charge is 0.507 e. The van der Waals surface area contributed by atoms with Crippen LogP contribution in [-0.4, -0.2) is 28.8 Å². The Kier molecular flexibility index (Phi) is 5.67. The molecule has 0 heterocycles. The normalized spacial score (nSPS) is 10.6. The highest BCUT2D eigenvalue weighted by Gasteiger charge is 2.09. The van der Waals surface area contributed by atoms with Crippen molar-refractivity contribution in [3.63, 3.8) is 0 Å². The Morgan fingerprint density at radius 2 is 2.00 bits per heavy atom. The van der Waals surface area contributed by atoms with Gasteiger partial charge in [0.05, 0.1) is 11.1 Å². The van der Waals surface area contributed by atoms with Crippen molar-refractivity contribution in [1.82, 2.24) is 5.43 Å². The van der Waals surface area contributed by atoms with Gasteiger partial charge in [0.15, 0.2) is 6.61 Å². The number of aryl methyl sites for hydroxylation is 2. The number of amides is 1. The van der Waals surface area contributed by atoms with Crippen LogP contribution in [0.1, 0.15) is 16.7 Å². The summed E-state index contributed by atoms with van der Waals surface area (Å²) in [7, 11) is 0. The number of aromatic hydroxyl groups is 1. The van der Waals surface area contributed by atoms with E-state index in [0.29, 0.717) is 5.75 Å². The third kappa shape index (κ3) is 4.77. The minimum atomic E-state index is -0.590. The average Bonchev–Trinajstić information content (AvgIpc) is 2.56. The molecule has 0 unspecified atom stereocenters. The lowest BCUT2D eigenvalue weighted by Crippen LogP contribution is -2.25. The first-order valence-electron chi connectivity index (χ1n) is 7.37. The molecule has 2 rings (SSSR count). The molecule has 0 aliphatic heterocycles. The predicted octanol–water partition coefficient (Wildman–Crippen LogP) is 2.45. The predicted molar refractivity (Wildman–Crippen MR) is 91.9 cm³/mol. The molecular formula is C17H17N3O5. The molecule has 130 valence electrons. The summed E-state index contributed by atoms with van der Waals surface area (Å²) in [6.07, 6.45) is 1.12. The average molecular weight is 343 g/mol. The van der Waals surface area contributed by atoms with Crippen molar-refractivity contribution in [2.45, 2.75) is 13.8 Å². The van der Waals surface area contributed by atoms with Crippen LogP contribution in [0.4, 0.5) is 5.69 Å². The van der Waals surface area contributed by atoms with Crippen LogP contribution in [0.25, 0.3) is 0 Å². The highest BCUT2D eigenvalue weighted by molar-refractivity contribution is 5.86. The molecule has 2 aromatic rings. The van der Waals surface area contributed by atoms with E-state index in [1.54, 1.807) is 0 Å². The van der Waals surface area contributed by atoms with Gasteiger partial charge in [-0.05, 0) is 31.0 Å². The molecule has 8 heteroatoms. The Morgan fingerprint density at radius 1 is 1.32 bits per heavy atom. The third-order valence-electron chi connectivity index (χ3n) is 3.37. The van der Waals surface area contributed by atoms with Crippen LogP contribution < -0.4 is 10.2 Å². The van der Waals surface area contributed by atoms with Crippen LogP contribution in [-0.2, 0) is 4.79 Å². The molecule has 2 N–H and O–H groups in total. The number of nitrogens with one attached hydrogen (secondary N) is 1. The van der Waals surface area contributed by atoms with Gasteiger partial charge in [-0.25, -0.2) is 5.43 Å². The number of non-ortho nitro benzene ring substituents is 1. The summed E-state index contributed by atoms with van der Waals surface area (Å²) in [5.74, 6) is -0.0443. The molecule has 0 atom stereocenters. The van der Waals surface area contributed by atoms with Gasteiger partial charge in [0.25, 0.3) is 11.6 Å². The number of benzene rings is 2. The maximum absolute atomic E-state index is 11.8. The minimum Gasteiger partial charge on any atom is -0.507 e. The molecule has 25 heavy (non-hydrogen) atoms. The van der Waals surface area contributed by atoms with Crippen molar-refractivity contribution >= 4 is 17.8 Å². The van der Waals surface area contributed by atoms with Gasteiger partial charge in [0.2, 0.25) is 0 Å². The summed E-state index contributed by atoms with van der Waals surface area (Å²) >= 11 is 0. The van der Waals surface area contributed by atoms with E-state index < -0.39 is 10.8 Å². The molecule has 0 bridgehead atoms. The number of hydrogen-bond donors (Lipinski definition) is 2. The van der Waals surface area contributed by atoms with E-state index in [1.165, 1.54) is 12.1 Å². The van der Waals surface area contributed by atoms with E-state index in [4.69, 9.17) is 4.74 Å². The molecule has 0 fully saturated rings. The van der Waals surface area contributed by atoms with Crippen molar-refractivity contribution in [1.29, 1.82) is 0 Å². The second kappa shape index (κ2) is 7.91. The molecule has 8 nitrogen and oxygen atoms in total. The number of phenolic OH excluding ortho intramolecular Hbond substituents is 1. The quantitative estimate of drug-likeness (QED) is 0.475. The number of hydrazone groups is 1. The second-order valence-electron chi connectivity index (χ2n) is 5.30. The third-order valence-corrected chi connectivity index (χ3v) is 3.37. The molecule has 2 aromatic carbocycles. The van der Waals surface area contributed by atoms with Gasteiger partial charge in [-0.2, -0.15) is 5.10 Å². The smallest absolute Gasteiger partial charge is 0.277 e. The number of carbonyl (C=O) groups excluding carboxylic acids is 1. The van der Waals surface area contributed by atoms with Gasteiger partial charge in [-0.15, -0.1) is 0 Å². The summed E-state index contributed by atoms with van der Waals surface area (Å²) < 4.78 is 5.48. The van der Waals surface area contributed by atoms with Crippen LogP contribution in [0.3, 0.4) is 0 Å². The second-order valence-corrected chi connectivity index (χ2v) is 5.30. The maximum Gasteiger partial charge on any atom is 0.277 e. The first-order valence-corrected chi connectivity index (χ1v) is 7.37. The Labute approximate surface area is 143 Å². The summed E-state index contributed by atoms with van der Waals surface area (Å²) in [4.78, 5) is 21.9. The zero-order chi connectivity index (χ0) is 18.4. The summed E-state index contributed by atoms with van der Waals surface area (Å²) in [5.41, 5.74) is 4.00. The number of phenols is 1. The highest BCUT2D eigenvalue weighted by atomic mass is 16.6. The van der Waals surface area contributed by atoms with Crippen molar-refractivity contribution in [3.8, 4) is 11.5 Å². The lowest BCUT2D eigenvalue weighted by molar-refractivity contribution is -0.384. The van der Waals surface area contributed by atoms with Gasteiger partial charge in [0, 0.05) is 17.7 Å². The molecule has 0 saturated carbocycles. The monoisotopic (exact) mass is 343 g/mol. The van der Waals surface area contributed by atoms with E-state index >= 15 is 0 Å². The summed E-state index contributed by atoms with van der Waals surface area (Å²) in [5, 5.41) is 24.0. The van der Waals surface area contributed by atoms with Crippen molar-refractivity contribution in [2.24, 2.45) is 5.10 Å². The zero-order valence-electron chi connectivity index (χ0n) is 13.7. The number of rotatable bonds is 6. The Balaban J connectivity index is 1.95. The van der Waals surface area contributed by atoms with E-state index in [1.807, 2.05) is 32.0 Å². The standard InChI is InChI=1S/C17H17N3O5/c1-11-4-3-5-12(2)17(11)25-10-16(22)19-18-9-13-8-14(20(23)24)6-7-15(13)21/h3-9,21H,10H2,1-2H3,(H,19,22)/b18-9+. The number of hydrogen-bond acceptors (Lipinski definition) is 6. The van der Waals surface area contributed by atoms with E-state index in [2.05, 4.69) is 10.5 Å². The van der Waals surface area contributed by atoms with Gasteiger partial charge < -0.3 is 9.84 Å². The SMILES string of the molecule is Cc1cccc(C)c1OCC(=O)N/N=C/c1cc([N+](=O)[O-])ccc1O. The zero-order valence-corrected chi connectivity index (χ0v) is 13.7. The fourth-order valence-corrected chi connectivity index (χ4v) is 2.13. The van der Waals surface area contributed by atoms with Crippen LogP contribution in [0.2, 0.25) is 0 Å². The number of nitro benzene ring substituents is 1. The highest BCUT2D eigenvalue weighted by Crippen LogP contribution is 2.22. The fourth-order valence-electron chi connectivity index (χ4n) is 2.13. The first-order chi connectivity index (χ1) is 11.9. The van der Waals surface area contributed by atoms with Crippen LogP contribution >= 0.6 is 0 Å². The van der Waals surface area contributed by atoms with Gasteiger partial charge in [-0.1, -0.05) is 18.2 Å². The van der Waals surface area contributed by atoms with Crippen molar-refractivity contribution in [3.05, 3.63) is 63.2 Å². The Morgan fingerprint density at radius 3 is 2.64 bits per heavy atom. The van der Waals surface area contributed by atoms with E-state index in [-0.39, 0.29) is 23.6 Å². The van der Waals surface area contributed by atoms with Gasteiger partial charge in [-0.3, -0.25) is 14.9 Å². The maximum atomic E-state index is 11.8. The molecule has 0 radical (unpaired) electrons. The van der Waals surface area contributed by atoms with Gasteiger partial charge in [0.1, 0.15) is 11.5 Å². The van der Waals surface area contributed by atoms with Crippen molar-refractivity contribution < 1.29 is 19.6 Å². The van der Waals surface area contributed by atoms with E-state index in [0.717, 1.165) is 23.4 Å².